The molecule has 1 aliphatic heterocycles. The number of aromatic nitrogens is 1. The van der Waals surface area contributed by atoms with E-state index in [2.05, 4.69) is 18.8 Å². The zero-order chi connectivity index (χ0) is 20.5. The van der Waals surface area contributed by atoms with Gasteiger partial charge in [-0.1, -0.05) is 25.2 Å². The zero-order valence-electron chi connectivity index (χ0n) is 16.2. The van der Waals surface area contributed by atoms with Gasteiger partial charge in [0, 0.05) is 48.0 Å². The van der Waals surface area contributed by atoms with Gasteiger partial charge in [-0.25, -0.2) is 13.8 Å². The molecule has 0 spiro atoms. The molecule has 4 nitrogen and oxygen atoms in total. The number of benzene rings is 2. The van der Waals surface area contributed by atoms with Crippen LogP contribution in [0.4, 0.5) is 13.9 Å². The van der Waals surface area contributed by atoms with Crippen LogP contribution in [0.5, 0.6) is 0 Å². The Bertz CT molecular complexity index is 1030. The van der Waals surface area contributed by atoms with E-state index in [9.17, 15) is 13.6 Å². The number of rotatable bonds is 4. The number of carbonyl (C=O) groups is 1. The summed E-state index contributed by atoms with van der Waals surface area (Å²) in [5.41, 5.74) is 0.883. The minimum Gasteiger partial charge on any atom is -0.345 e. The average Bonchev–Trinajstić information content (AvgIpc) is 3.12. The summed E-state index contributed by atoms with van der Waals surface area (Å²) in [6.07, 6.45) is 0. The highest BCUT2D eigenvalue weighted by Crippen LogP contribution is 2.31. The Hall–Kier alpha value is -2.19. The van der Waals surface area contributed by atoms with Crippen molar-refractivity contribution in [2.75, 3.05) is 31.1 Å². The fourth-order valence-electron chi connectivity index (χ4n) is 3.31. The lowest BCUT2D eigenvalue weighted by Gasteiger charge is -2.34. The molecule has 1 aromatic heterocycles. The van der Waals surface area contributed by atoms with Gasteiger partial charge in [-0.05, 0) is 30.3 Å². The number of thioether (sulfide) groups is 1. The van der Waals surface area contributed by atoms with Crippen molar-refractivity contribution in [2.24, 2.45) is 0 Å². The summed E-state index contributed by atoms with van der Waals surface area (Å²) in [7, 11) is 0. The molecule has 1 aliphatic rings. The highest BCUT2D eigenvalue weighted by atomic mass is 32.2. The van der Waals surface area contributed by atoms with Gasteiger partial charge in [0.05, 0.1) is 4.70 Å². The van der Waals surface area contributed by atoms with Crippen LogP contribution in [0.3, 0.4) is 0 Å². The Balaban J connectivity index is 1.41. The highest BCUT2D eigenvalue weighted by molar-refractivity contribution is 7.99. The first kappa shape index (κ1) is 20.1. The van der Waals surface area contributed by atoms with Crippen molar-refractivity contribution in [1.29, 1.82) is 0 Å². The molecule has 2 heterocycles. The van der Waals surface area contributed by atoms with Crippen molar-refractivity contribution < 1.29 is 13.6 Å². The molecule has 1 saturated heterocycles. The van der Waals surface area contributed by atoms with Gasteiger partial charge in [0.25, 0.3) is 5.91 Å². The van der Waals surface area contributed by atoms with E-state index in [1.165, 1.54) is 17.4 Å². The number of hydrogen-bond acceptors (Lipinski definition) is 5. The lowest BCUT2D eigenvalue weighted by molar-refractivity contribution is 0.0746. The summed E-state index contributed by atoms with van der Waals surface area (Å²) >= 11 is 3.04. The first-order valence-corrected chi connectivity index (χ1v) is 11.2. The summed E-state index contributed by atoms with van der Waals surface area (Å²) in [4.78, 5) is 22.1. The third kappa shape index (κ3) is 4.38. The smallest absolute Gasteiger partial charge is 0.253 e. The van der Waals surface area contributed by atoms with E-state index in [1.54, 1.807) is 11.8 Å². The Morgan fingerprint density at radius 3 is 2.45 bits per heavy atom. The Labute approximate surface area is 176 Å². The van der Waals surface area contributed by atoms with Crippen LogP contribution in [0.2, 0.25) is 0 Å². The Morgan fingerprint density at radius 2 is 1.79 bits per heavy atom. The molecule has 0 unspecified atom stereocenters. The predicted molar refractivity (Wildman–Crippen MR) is 115 cm³/mol. The molecule has 29 heavy (non-hydrogen) atoms. The number of carbonyl (C=O) groups excluding carboxylic acids is 1. The van der Waals surface area contributed by atoms with Gasteiger partial charge in [-0.15, -0.1) is 11.8 Å². The summed E-state index contributed by atoms with van der Waals surface area (Å²) in [6.45, 7) is 6.62. The molecule has 152 valence electrons. The number of halogens is 2. The number of hydrogen-bond donors (Lipinski definition) is 0. The van der Waals surface area contributed by atoms with Crippen LogP contribution in [-0.4, -0.2) is 47.2 Å². The highest BCUT2D eigenvalue weighted by Gasteiger charge is 2.24. The number of fused-ring (bicyclic) bond motifs is 1. The third-order valence-electron chi connectivity index (χ3n) is 4.71. The molecule has 0 saturated carbocycles. The SMILES string of the molecule is CC(C)Sc1ccc(C(=O)N2CCN(c3nc4c(F)cc(F)cc4s3)CC2)cc1. The van der Waals surface area contributed by atoms with Crippen molar-refractivity contribution in [3.8, 4) is 0 Å². The van der Waals surface area contributed by atoms with E-state index < -0.39 is 11.6 Å². The topological polar surface area (TPSA) is 36.4 Å². The lowest BCUT2D eigenvalue weighted by atomic mass is 10.2. The molecule has 1 fully saturated rings. The molecule has 4 rings (SSSR count). The van der Waals surface area contributed by atoms with Crippen molar-refractivity contribution in [2.45, 2.75) is 24.0 Å². The Morgan fingerprint density at radius 1 is 1.10 bits per heavy atom. The second-order valence-corrected chi connectivity index (χ2v) is 9.86. The molecule has 8 heteroatoms. The van der Waals surface area contributed by atoms with Crippen LogP contribution in [0.1, 0.15) is 24.2 Å². The molecule has 0 aliphatic carbocycles. The van der Waals surface area contributed by atoms with Gasteiger partial charge in [0.2, 0.25) is 0 Å². The Kier molecular flexibility index (Phi) is 5.74. The summed E-state index contributed by atoms with van der Waals surface area (Å²) in [6, 6.07) is 9.90. The zero-order valence-corrected chi connectivity index (χ0v) is 17.8. The number of piperazine rings is 1. The first-order chi connectivity index (χ1) is 13.9. The van der Waals surface area contributed by atoms with E-state index in [0.717, 1.165) is 11.0 Å². The van der Waals surface area contributed by atoms with Crippen molar-refractivity contribution >= 4 is 44.4 Å². The molecular weight excluding hydrogens is 412 g/mol. The van der Waals surface area contributed by atoms with Gasteiger partial charge in [0.15, 0.2) is 10.9 Å². The van der Waals surface area contributed by atoms with Crippen LogP contribution < -0.4 is 4.90 Å². The number of thiazole rings is 1. The maximum atomic E-state index is 13.9. The molecule has 3 aromatic rings. The minimum absolute atomic E-state index is 0.0168. The number of amides is 1. The maximum Gasteiger partial charge on any atom is 0.253 e. The molecule has 0 radical (unpaired) electrons. The van der Waals surface area contributed by atoms with Gasteiger partial charge in [0.1, 0.15) is 11.3 Å². The predicted octanol–water partition coefficient (Wildman–Crippen LogP) is 5.04. The second-order valence-electron chi connectivity index (χ2n) is 7.20. The average molecular weight is 434 g/mol. The molecule has 0 atom stereocenters. The number of nitrogens with zero attached hydrogens (tertiary/aromatic N) is 3. The molecule has 0 bridgehead atoms. The molecule has 1 amide bonds. The fraction of sp³-hybridized carbons (Fsp3) is 0.333. The van der Waals surface area contributed by atoms with Crippen LogP contribution >= 0.6 is 23.1 Å². The van der Waals surface area contributed by atoms with Crippen LogP contribution in [0.15, 0.2) is 41.3 Å². The first-order valence-electron chi connectivity index (χ1n) is 9.47. The van der Waals surface area contributed by atoms with Crippen molar-refractivity contribution in [3.05, 3.63) is 53.6 Å². The van der Waals surface area contributed by atoms with E-state index in [-0.39, 0.29) is 11.4 Å². The molecule has 2 aromatic carbocycles. The summed E-state index contributed by atoms with van der Waals surface area (Å²) in [5, 5.41) is 1.16. The monoisotopic (exact) mass is 433 g/mol. The van der Waals surface area contributed by atoms with Crippen molar-refractivity contribution in [3.63, 3.8) is 0 Å². The lowest BCUT2D eigenvalue weighted by Crippen LogP contribution is -2.48. The van der Waals surface area contributed by atoms with Crippen LogP contribution in [0.25, 0.3) is 10.2 Å². The van der Waals surface area contributed by atoms with E-state index in [1.807, 2.05) is 34.1 Å². The fourth-order valence-corrected chi connectivity index (χ4v) is 5.21. The molecule has 0 N–H and O–H groups in total. The quantitative estimate of drug-likeness (QED) is 0.541. The van der Waals surface area contributed by atoms with E-state index >= 15 is 0 Å². The third-order valence-corrected chi connectivity index (χ3v) is 6.79. The van der Waals surface area contributed by atoms with Gasteiger partial charge in [-0.2, -0.15) is 0 Å². The largest absolute Gasteiger partial charge is 0.345 e. The maximum absolute atomic E-state index is 13.9. The molecular formula is C21H21F2N3OS2. The standard InChI is InChI=1S/C21H21F2N3OS2/c1-13(2)28-16-5-3-14(4-6-16)20(27)25-7-9-26(10-8-25)21-24-19-17(23)11-15(22)12-18(19)29-21/h3-6,11-13H,7-10H2,1-2H3. The normalized spacial score (nSPS) is 14.8. The summed E-state index contributed by atoms with van der Waals surface area (Å²) in [5.74, 6) is -1.23. The van der Waals surface area contributed by atoms with E-state index in [4.69, 9.17) is 0 Å². The minimum atomic E-state index is -0.643. The van der Waals surface area contributed by atoms with Gasteiger partial charge < -0.3 is 9.80 Å². The van der Waals surface area contributed by atoms with Crippen molar-refractivity contribution in [1.82, 2.24) is 9.88 Å². The van der Waals surface area contributed by atoms with Crippen LogP contribution in [0, 0.1) is 11.6 Å². The number of anilines is 1. The van der Waals surface area contributed by atoms with Gasteiger partial charge in [-0.3, -0.25) is 4.79 Å². The second kappa shape index (κ2) is 8.28. The van der Waals surface area contributed by atoms with E-state index in [0.29, 0.717) is 46.8 Å². The van der Waals surface area contributed by atoms with Gasteiger partial charge >= 0.3 is 0 Å². The summed E-state index contributed by atoms with van der Waals surface area (Å²) < 4.78 is 27.8. The van der Waals surface area contributed by atoms with Crippen LogP contribution in [-0.2, 0) is 0 Å².